The predicted octanol–water partition coefficient (Wildman–Crippen LogP) is 3.21. The molecule has 3 unspecified atom stereocenters. The van der Waals surface area contributed by atoms with Gasteiger partial charge in [0.25, 0.3) is 0 Å². The molecule has 1 aromatic rings. The van der Waals surface area contributed by atoms with Crippen LogP contribution in [0, 0.1) is 13.8 Å². The lowest BCUT2D eigenvalue weighted by molar-refractivity contribution is 0.0978. The summed E-state index contributed by atoms with van der Waals surface area (Å²) in [6.45, 7) is 4.05. The summed E-state index contributed by atoms with van der Waals surface area (Å²) in [7, 11) is 0. The number of ketones is 1. The van der Waals surface area contributed by atoms with E-state index >= 15 is 0 Å². The summed E-state index contributed by atoms with van der Waals surface area (Å²) in [4.78, 5) is 23.7. The predicted molar refractivity (Wildman–Crippen MR) is 94.2 cm³/mol. The number of fused-ring (bicyclic) bond motifs is 1. The minimum atomic E-state index is -0.0321. The lowest BCUT2D eigenvalue weighted by Gasteiger charge is -2.16. The summed E-state index contributed by atoms with van der Waals surface area (Å²) in [6, 6.07) is 6.54. The molecule has 2 aliphatic rings. The van der Waals surface area contributed by atoms with Gasteiger partial charge in [0.15, 0.2) is 5.78 Å². The van der Waals surface area contributed by atoms with Crippen LogP contribution in [0.3, 0.4) is 0 Å². The maximum atomic E-state index is 12.3. The van der Waals surface area contributed by atoms with E-state index in [2.05, 4.69) is 16.7 Å². The Morgan fingerprint density at radius 3 is 2.87 bits per heavy atom. The highest BCUT2D eigenvalue weighted by Crippen LogP contribution is 2.33. The molecule has 2 fully saturated rings. The lowest BCUT2D eigenvalue weighted by atomic mass is 9.97. The summed E-state index contributed by atoms with van der Waals surface area (Å²) in [5, 5.41) is 6.46. The van der Waals surface area contributed by atoms with Crippen molar-refractivity contribution >= 4 is 23.6 Å². The minimum Gasteiger partial charge on any atom is -0.332 e. The molecule has 0 aliphatic carbocycles. The topological polar surface area (TPSA) is 58.2 Å². The van der Waals surface area contributed by atoms with E-state index in [0.717, 1.165) is 36.1 Å². The van der Waals surface area contributed by atoms with Crippen molar-refractivity contribution < 1.29 is 9.59 Å². The molecule has 23 heavy (non-hydrogen) atoms. The van der Waals surface area contributed by atoms with Crippen LogP contribution in [0.1, 0.15) is 47.2 Å². The van der Waals surface area contributed by atoms with Crippen LogP contribution in [0.5, 0.6) is 0 Å². The SMILES string of the molecule is Cc1ccc(C(=O)CCCCC2SCC3NC(=O)NC32)c(C)c1. The number of hydrogen-bond acceptors (Lipinski definition) is 3. The van der Waals surface area contributed by atoms with Crippen LogP contribution in [-0.4, -0.2) is 34.9 Å². The second-order valence-electron chi connectivity index (χ2n) is 6.61. The standard InChI is InChI=1S/C18H24N2O2S/c1-11-7-8-13(12(2)9-11)15(21)5-3-4-6-16-17-14(10-23-16)19-18(22)20-17/h7-9,14,16-17H,3-6,10H2,1-2H3,(H2,19,20,22). The van der Waals surface area contributed by atoms with E-state index in [1.165, 1.54) is 5.56 Å². The van der Waals surface area contributed by atoms with Gasteiger partial charge in [-0.1, -0.05) is 30.2 Å². The Morgan fingerprint density at radius 1 is 1.26 bits per heavy atom. The van der Waals surface area contributed by atoms with Gasteiger partial charge in [-0.15, -0.1) is 0 Å². The molecule has 2 saturated heterocycles. The second-order valence-corrected chi connectivity index (χ2v) is 7.88. The summed E-state index contributed by atoms with van der Waals surface area (Å²) < 4.78 is 0. The Bertz CT molecular complexity index is 617. The van der Waals surface area contributed by atoms with E-state index in [9.17, 15) is 9.59 Å². The lowest BCUT2D eigenvalue weighted by Crippen LogP contribution is -2.36. The fourth-order valence-corrected chi connectivity index (χ4v) is 5.08. The highest BCUT2D eigenvalue weighted by molar-refractivity contribution is 8.00. The number of benzene rings is 1. The third kappa shape index (κ3) is 3.71. The molecule has 2 aliphatic heterocycles. The third-order valence-corrected chi connectivity index (χ3v) is 6.27. The highest BCUT2D eigenvalue weighted by atomic mass is 32.2. The number of thioether (sulfide) groups is 1. The van der Waals surface area contributed by atoms with Gasteiger partial charge in [-0.05, 0) is 32.3 Å². The molecule has 3 rings (SSSR count). The Morgan fingerprint density at radius 2 is 2.09 bits per heavy atom. The van der Waals surface area contributed by atoms with E-state index in [-0.39, 0.29) is 23.9 Å². The van der Waals surface area contributed by atoms with Crippen molar-refractivity contribution in [1.29, 1.82) is 0 Å². The van der Waals surface area contributed by atoms with Crippen LogP contribution >= 0.6 is 11.8 Å². The monoisotopic (exact) mass is 332 g/mol. The molecule has 3 atom stereocenters. The zero-order chi connectivity index (χ0) is 16.4. The van der Waals surface area contributed by atoms with Crippen molar-refractivity contribution in [1.82, 2.24) is 10.6 Å². The van der Waals surface area contributed by atoms with Gasteiger partial charge < -0.3 is 10.6 Å². The molecule has 2 amide bonds. The van der Waals surface area contributed by atoms with Crippen LogP contribution in [0.2, 0.25) is 0 Å². The van der Waals surface area contributed by atoms with Gasteiger partial charge in [-0.3, -0.25) is 4.79 Å². The molecule has 0 aromatic heterocycles. The average molecular weight is 332 g/mol. The average Bonchev–Trinajstić information content (AvgIpc) is 3.03. The van der Waals surface area contributed by atoms with Crippen molar-refractivity contribution in [3.63, 3.8) is 0 Å². The van der Waals surface area contributed by atoms with Gasteiger partial charge in [0, 0.05) is 23.0 Å². The van der Waals surface area contributed by atoms with Gasteiger partial charge in [0.1, 0.15) is 0 Å². The van der Waals surface area contributed by atoms with Crippen molar-refractivity contribution in [3.05, 3.63) is 34.9 Å². The Balaban J connectivity index is 1.43. The van der Waals surface area contributed by atoms with E-state index < -0.39 is 0 Å². The van der Waals surface area contributed by atoms with Crippen molar-refractivity contribution in [2.45, 2.75) is 56.9 Å². The second kappa shape index (κ2) is 6.95. The molecule has 0 saturated carbocycles. The quantitative estimate of drug-likeness (QED) is 0.478. The van der Waals surface area contributed by atoms with Gasteiger partial charge in [-0.25, -0.2) is 4.79 Å². The molecule has 0 radical (unpaired) electrons. The summed E-state index contributed by atoms with van der Waals surface area (Å²) in [6.07, 6.45) is 3.63. The zero-order valence-electron chi connectivity index (χ0n) is 13.7. The number of unbranched alkanes of at least 4 members (excludes halogenated alkanes) is 1. The number of Topliss-reactive ketones (excluding diaryl/α,β-unsaturated/α-hetero) is 1. The fourth-order valence-electron chi connectivity index (χ4n) is 3.54. The van der Waals surface area contributed by atoms with Gasteiger partial charge >= 0.3 is 6.03 Å². The molecule has 2 N–H and O–H groups in total. The first kappa shape index (κ1) is 16.4. The molecular formula is C18H24N2O2S. The number of hydrogen-bond donors (Lipinski definition) is 2. The largest absolute Gasteiger partial charge is 0.332 e. The number of amides is 2. The van der Waals surface area contributed by atoms with E-state index in [0.29, 0.717) is 11.7 Å². The van der Waals surface area contributed by atoms with Crippen LogP contribution in [0.15, 0.2) is 18.2 Å². The highest BCUT2D eigenvalue weighted by Gasteiger charge is 2.42. The number of nitrogens with one attached hydrogen (secondary N) is 2. The summed E-state index contributed by atoms with van der Waals surface area (Å²) in [5.41, 5.74) is 3.13. The first-order valence-electron chi connectivity index (χ1n) is 8.33. The van der Waals surface area contributed by atoms with Gasteiger partial charge in [-0.2, -0.15) is 11.8 Å². The summed E-state index contributed by atoms with van der Waals surface area (Å²) in [5.74, 6) is 1.24. The van der Waals surface area contributed by atoms with Crippen LogP contribution in [0.4, 0.5) is 4.79 Å². The Hall–Kier alpha value is -1.49. The van der Waals surface area contributed by atoms with E-state index in [1.807, 2.05) is 37.7 Å². The molecule has 1 aromatic carbocycles. The van der Waals surface area contributed by atoms with Crippen LogP contribution < -0.4 is 10.6 Å². The van der Waals surface area contributed by atoms with Crippen molar-refractivity contribution in [2.75, 3.05) is 5.75 Å². The molecule has 124 valence electrons. The van der Waals surface area contributed by atoms with Crippen molar-refractivity contribution in [3.8, 4) is 0 Å². The van der Waals surface area contributed by atoms with Gasteiger partial charge in [0.05, 0.1) is 12.1 Å². The maximum absolute atomic E-state index is 12.3. The molecule has 0 spiro atoms. The summed E-state index contributed by atoms with van der Waals surface area (Å²) >= 11 is 1.93. The Kier molecular flexibility index (Phi) is 4.95. The molecule has 4 nitrogen and oxygen atoms in total. The number of aryl methyl sites for hydroxylation is 2. The van der Waals surface area contributed by atoms with E-state index in [1.54, 1.807) is 0 Å². The maximum Gasteiger partial charge on any atom is 0.315 e. The first-order chi connectivity index (χ1) is 11.0. The third-order valence-electron chi connectivity index (χ3n) is 4.76. The smallest absolute Gasteiger partial charge is 0.315 e. The van der Waals surface area contributed by atoms with E-state index in [4.69, 9.17) is 0 Å². The minimum absolute atomic E-state index is 0.0321. The van der Waals surface area contributed by atoms with Crippen LogP contribution in [-0.2, 0) is 0 Å². The first-order valence-corrected chi connectivity index (χ1v) is 9.38. The molecule has 5 heteroatoms. The fraction of sp³-hybridized carbons (Fsp3) is 0.556. The number of carbonyl (C=O) groups is 2. The Labute approximate surface area is 141 Å². The number of urea groups is 1. The number of carbonyl (C=O) groups excluding carboxylic acids is 2. The normalized spacial score (nSPS) is 25.8. The van der Waals surface area contributed by atoms with Crippen LogP contribution in [0.25, 0.3) is 0 Å². The molecule has 0 bridgehead atoms. The number of rotatable bonds is 6. The van der Waals surface area contributed by atoms with Crippen molar-refractivity contribution in [2.24, 2.45) is 0 Å². The molecular weight excluding hydrogens is 308 g/mol. The van der Waals surface area contributed by atoms with Gasteiger partial charge in [0.2, 0.25) is 0 Å². The zero-order valence-corrected chi connectivity index (χ0v) is 14.5. The molecule has 2 heterocycles.